The van der Waals surface area contributed by atoms with Crippen LogP contribution in [0.25, 0.3) is 0 Å². The van der Waals surface area contributed by atoms with Crippen LogP contribution in [0.3, 0.4) is 0 Å². The zero-order valence-corrected chi connectivity index (χ0v) is 13.5. The van der Waals surface area contributed by atoms with Gasteiger partial charge in [-0.25, -0.2) is 0 Å². The Morgan fingerprint density at radius 1 is 1.24 bits per heavy atom. The molecule has 1 atom stereocenters. The van der Waals surface area contributed by atoms with E-state index in [0.29, 0.717) is 19.1 Å². The summed E-state index contributed by atoms with van der Waals surface area (Å²) in [5, 5.41) is 0. The lowest BCUT2D eigenvalue weighted by Crippen LogP contribution is -2.44. The van der Waals surface area contributed by atoms with Crippen molar-refractivity contribution in [1.82, 2.24) is 4.90 Å². The number of carbonyl (C=O) groups is 1. The summed E-state index contributed by atoms with van der Waals surface area (Å²) in [7, 11) is 0. The maximum absolute atomic E-state index is 12.5. The highest BCUT2D eigenvalue weighted by Crippen LogP contribution is 2.24. The Balaban J connectivity index is 2.04. The summed E-state index contributed by atoms with van der Waals surface area (Å²) < 4.78 is 5.87. The number of aryl methyl sites for hydroxylation is 1. The molecule has 3 heteroatoms. The summed E-state index contributed by atoms with van der Waals surface area (Å²) in [6, 6.07) is 8.57. The SMILES string of the molecule is CCc1ccc(C2CN(C(=O)C(CC)CC)CCO2)cc1. The fraction of sp³-hybridized carbons (Fsp3) is 0.611. The first-order chi connectivity index (χ1) is 10.2. The molecule has 1 unspecified atom stereocenters. The Bertz CT molecular complexity index is 451. The second-order valence-corrected chi connectivity index (χ2v) is 5.75. The Kier molecular flexibility index (Phi) is 5.80. The van der Waals surface area contributed by atoms with Crippen LogP contribution in [0.2, 0.25) is 0 Å². The van der Waals surface area contributed by atoms with Crippen molar-refractivity contribution in [3.8, 4) is 0 Å². The monoisotopic (exact) mass is 289 g/mol. The predicted octanol–water partition coefficient (Wildman–Crippen LogP) is 3.59. The summed E-state index contributed by atoms with van der Waals surface area (Å²) >= 11 is 0. The number of ether oxygens (including phenoxy) is 1. The molecule has 3 nitrogen and oxygen atoms in total. The van der Waals surface area contributed by atoms with Gasteiger partial charge in [-0.3, -0.25) is 4.79 Å². The van der Waals surface area contributed by atoms with Crippen LogP contribution in [0.15, 0.2) is 24.3 Å². The Hall–Kier alpha value is -1.35. The van der Waals surface area contributed by atoms with E-state index < -0.39 is 0 Å². The molecule has 0 saturated carbocycles. The molecule has 1 aromatic carbocycles. The van der Waals surface area contributed by atoms with E-state index in [2.05, 4.69) is 45.0 Å². The third-order valence-electron chi connectivity index (χ3n) is 4.47. The van der Waals surface area contributed by atoms with E-state index in [1.54, 1.807) is 0 Å². The number of carbonyl (C=O) groups excluding carboxylic acids is 1. The largest absolute Gasteiger partial charge is 0.370 e. The van der Waals surface area contributed by atoms with Crippen LogP contribution in [0.4, 0.5) is 0 Å². The summed E-state index contributed by atoms with van der Waals surface area (Å²) in [6.45, 7) is 8.37. The molecule has 1 aliphatic rings. The first kappa shape index (κ1) is 16.0. The molecule has 1 aliphatic heterocycles. The second-order valence-electron chi connectivity index (χ2n) is 5.75. The molecule has 0 N–H and O–H groups in total. The van der Waals surface area contributed by atoms with Crippen molar-refractivity contribution >= 4 is 5.91 Å². The standard InChI is InChI=1S/C18H27NO2/c1-4-14-7-9-16(10-8-14)17-13-19(11-12-21-17)18(20)15(5-2)6-3/h7-10,15,17H,4-6,11-13H2,1-3H3. The smallest absolute Gasteiger partial charge is 0.225 e. The maximum Gasteiger partial charge on any atom is 0.225 e. The minimum absolute atomic E-state index is 0.0166. The van der Waals surface area contributed by atoms with Crippen LogP contribution in [-0.2, 0) is 16.0 Å². The summed E-state index contributed by atoms with van der Waals surface area (Å²) in [6.07, 6.45) is 2.90. The van der Waals surface area contributed by atoms with Gasteiger partial charge < -0.3 is 9.64 Å². The van der Waals surface area contributed by atoms with E-state index >= 15 is 0 Å². The first-order valence-electron chi connectivity index (χ1n) is 8.18. The Morgan fingerprint density at radius 2 is 1.90 bits per heavy atom. The van der Waals surface area contributed by atoms with Gasteiger partial charge in [0.1, 0.15) is 6.10 Å². The van der Waals surface area contributed by atoms with Gasteiger partial charge in [0, 0.05) is 12.5 Å². The lowest BCUT2D eigenvalue weighted by atomic mass is 10.00. The van der Waals surface area contributed by atoms with Gasteiger partial charge in [0.05, 0.1) is 13.2 Å². The van der Waals surface area contributed by atoms with Crippen LogP contribution < -0.4 is 0 Å². The van der Waals surface area contributed by atoms with E-state index in [0.717, 1.165) is 25.8 Å². The molecule has 116 valence electrons. The number of amides is 1. The Morgan fingerprint density at radius 3 is 2.48 bits per heavy atom. The first-order valence-corrected chi connectivity index (χ1v) is 8.18. The Labute approximate surface area is 128 Å². The fourth-order valence-corrected chi connectivity index (χ4v) is 2.92. The van der Waals surface area contributed by atoms with Gasteiger partial charge in [-0.05, 0) is 30.4 Å². The van der Waals surface area contributed by atoms with E-state index in [-0.39, 0.29) is 12.0 Å². The van der Waals surface area contributed by atoms with Crippen molar-refractivity contribution in [1.29, 1.82) is 0 Å². The molecule has 0 aromatic heterocycles. The number of morpholine rings is 1. The molecule has 2 rings (SSSR count). The number of rotatable bonds is 5. The topological polar surface area (TPSA) is 29.5 Å². The van der Waals surface area contributed by atoms with Crippen molar-refractivity contribution < 1.29 is 9.53 Å². The summed E-state index contributed by atoms with van der Waals surface area (Å²) in [5.41, 5.74) is 2.51. The average molecular weight is 289 g/mol. The molecular weight excluding hydrogens is 262 g/mol. The van der Waals surface area contributed by atoms with Crippen molar-refractivity contribution in [3.63, 3.8) is 0 Å². The van der Waals surface area contributed by atoms with Gasteiger partial charge in [-0.1, -0.05) is 45.0 Å². The van der Waals surface area contributed by atoms with Gasteiger partial charge >= 0.3 is 0 Å². The molecule has 1 fully saturated rings. The normalized spacial score (nSPS) is 19.0. The van der Waals surface area contributed by atoms with Crippen molar-refractivity contribution in [2.24, 2.45) is 5.92 Å². The summed E-state index contributed by atoms with van der Waals surface area (Å²) in [4.78, 5) is 14.5. The number of nitrogens with zero attached hydrogens (tertiary/aromatic N) is 1. The minimum Gasteiger partial charge on any atom is -0.370 e. The highest BCUT2D eigenvalue weighted by Gasteiger charge is 2.28. The van der Waals surface area contributed by atoms with Gasteiger partial charge in [-0.2, -0.15) is 0 Å². The van der Waals surface area contributed by atoms with Crippen molar-refractivity contribution in [2.45, 2.75) is 46.1 Å². The number of benzene rings is 1. The van der Waals surface area contributed by atoms with Gasteiger partial charge in [0.2, 0.25) is 5.91 Å². The van der Waals surface area contributed by atoms with Gasteiger partial charge in [-0.15, -0.1) is 0 Å². The number of hydrogen-bond acceptors (Lipinski definition) is 2. The molecule has 21 heavy (non-hydrogen) atoms. The van der Waals surface area contributed by atoms with E-state index in [4.69, 9.17) is 4.74 Å². The highest BCUT2D eigenvalue weighted by atomic mass is 16.5. The molecule has 0 aliphatic carbocycles. The molecule has 1 amide bonds. The summed E-state index contributed by atoms with van der Waals surface area (Å²) in [5.74, 6) is 0.449. The third kappa shape index (κ3) is 3.85. The lowest BCUT2D eigenvalue weighted by Gasteiger charge is -2.35. The van der Waals surface area contributed by atoms with E-state index in [9.17, 15) is 4.79 Å². The molecule has 1 saturated heterocycles. The van der Waals surface area contributed by atoms with Crippen molar-refractivity contribution in [3.05, 3.63) is 35.4 Å². The predicted molar refractivity (Wildman–Crippen MR) is 85.2 cm³/mol. The maximum atomic E-state index is 12.5. The average Bonchev–Trinajstić information content (AvgIpc) is 2.56. The van der Waals surface area contributed by atoms with Crippen LogP contribution in [0.1, 0.15) is 50.8 Å². The number of hydrogen-bond donors (Lipinski definition) is 0. The quantitative estimate of drug-likeness (QED) is 0.829. The molecular formula is C18H27NO2. The third-order valence-corrected chi connectivity index (χ3v) is 4.47. The zero-order valence-electron chi connectivity index (χ0n) is 13.5. The van der Waals surface area contributed by atoms with Crippen molar-refractivity contribution in [2.75, 3.05) is 19.7 Å². The molecule has 0 bridgehead atoms. The lowest BCUT2D eigenvalue weighted by molar-refractivity contribution is -0.143. The van der Waals surface area contributed by atoms with Crippen LogP contribution in [0, 0.1) is 5.92 Å². The fourth-order valence-electron chi connectivity index (χ4n) is 2.92. The van der Waals surface area contributed by atoms with Gasteiger partial charge in [0.15, 0.2) is 0 Å². The van der Waals surface area contributed by atoms with E-state index in [1.165, 1.54) is 11.1 Å². The van der Waals surface area contributed by atoms with Gasteiger partial charge in [0.25, 0.3) is 0 Å². The zero-order chi connectivity index (χ0) is 15.2. The minimum atomic E-state index is 0.0166. The molecule has 0 radical (unpaired) electrons. The molecule has 0 spiro atoms. The van der Waals surface area contributed by atoms with Crippen LogP contribution >= 0.6 is 0 Å². The molecule has 1 aromatic rings. The van der Waals surface area contributed by atoms with E-state index in [1.807, 2.05) is 4.90 Å². The molecule has 1 heterocycles. The second kappa shape index (κ2) is 7.60. The van der Waals surface area contributed by atoms with Crippen LogP contribution in [0.5, 0.6) is 0 Å². The van der Waals surface area contributed by atoms with Crippen LogP contribution in [-0.4, -0.2) is 30.5 Å². The highest BCUT2D eigenvalue weighted by molar-refractivity contribution is 5.78.